The van der Waals surface area contributed by atoms with Crippen molar-refractivity contribution in [2.45, 2.75) is 25.4 Å². The van der Waals surface area contributed by atoms with Crippen molar-refractivity contribution < 1.29 is 22.7 Å². The average molecular weight is 395 g/mol. The molecule has 1 N–H and O–H groups in total. The fourth-order valence-corrected chi connectivity index (χ4v) is 4.38. The second-order valence-electron chi connectivity index (χ2n) is 6.61. The summed E-state index contributed by atoms with van der Waals surface area (Å²) in [4.78, 5) is 13.7. The molecular weight excluding hydrogens is 375 g/mol. The highest BCUT2D eigenvalue weighted by Crippen LogP contribution is 2.38. The summed E-state index contributed by atoms with van der Waals surface area (Å²) in [5, 5.41) is 4.67. The molecule has 2 aromatic rings. The summed E-state index contributed by atoms with van der Waals surface area (Å²) in [5.41, 5.74) is 0.265. The lowest BCUT2D eigenvalue weighted by Gasteiger charge is -2.22. The van der Waals surface area contributed by atoms with Gasteiger partial charge in [-0.1, -0.05) is 6.08 Å². The lowest BCUT2D eigenvalue weighted by Crippen LogP contribution is -2.28. The summed E-state index contributed by atoms with van der Waals surface area (Å²) >= 11 is 1.52. The number of rotatable bonds is 5. The number of halogens is 3. The molecule has 0 bridgehead atoms. The standard InChI is InChI=1S/C20H20F3NO2S/c1-3-4-17-12(9-16-10-15(26-2)11-27-16)7-13-8-14(20(21,22)23)5-6-18(13)24-19(17)25/h3,5-6,8,10-12,17H,1,4,7,9H2,2H3,(H,24,25). The molecule has 2 unspecified atom stereocenters. The minimum Gasteiger partial charge on any atom is -0.496 e. The molecule has 0 saturated carbocycles. The summed E-state index contributed by atoms with van der Waals surface area (Å²) in [6, 6.07) is 5.41. The van der Waals surface area contributed by atoms with Crippen molar-refractivity contribution in [2.75, 3.05) is 12.4 Å². The maximum absolute atomic E-state index is 13.1. The minimum atomic E-state index is -4.41. The predicted molar refractivity (Wildman–Crippen MR) is 100 cm³/mol. The molecule has 27 heavy (non-hydrogen) atoms. The van der Waals surface area contributed by atoms with Crippen LogP contribution in [0.15, 0.2) is 42.3 Å². The molecule has 1 aliphatic rings. The first-order valence-electron chi connectivity index (χ1n) is 8.55. The molecule has 1 aromatic carbocycles. The van der Waals surface area contributed by atoms with E-state index in [0.29, 0.717) is 30.5 Å². The number of thiophene rings is 1. The Kier molecular flexibility index (Phi) is 5.60. The Morgan fingerprint density at radius 2 is 2.15 bits per heavy atom. The second-order valence-corrected chi connectivity index (χ2v) is 7.61. The first-order chi connectivity index (χ1) is 12.8. The number of alkyl halides is 3. The monoisotopic (exact) mass is 395 g/mol. The molecule has 0 aliphatic carbocycles. The average Bonchev–Trinajstić information content (AvgIpc) is 3.02. The third kappa shape index (κ3) is 4.35. The van der Waals surface area contributed by atoms with Gasteiger partial charge < -0.3 is 10.1 Å². The summed E-state index contributed by atoms with van der Waals surface area (Å²) in [6.07, 6.45) is -1.28. The number of ether oxygens (including phenoxy) is 1. The number of methoxy groups -OCH3 is 1. The van der Waals surface area contributed by atoms with Crippen molar-refractivity contribution in [3.63, 3.8) is 0 Å². The maximum atomic E-state index is 13.1. The number of carbonyl (C=O) groups is 1. The zero-order valence-corrected chi connectivity index (χ0v) is 15.6. The number of benzene rings is 1. The second kappa shape index (κ2) is 7.76. The summed E-state index contributed by atoms with van der Waals surface area (Å²) in [7, 11) is 1.58. The van der Waals surface area contributed by atoms with Crippen LogP contribution in [0.2, 0.25) is 0 Å². The third-order valence-electron chi connectivity index (χ3n) is 4.83. The molecule has 3 rings (SSSR count). The highest BCUT2D eigenvalue weighted by atomic mass is 32.1. The normalized spacial score (nSPS) is 19.8. The zero-order valence-electron chi connectivity index (χ0n) is 14.8. The van der Waals surface area contributed by atoms with Crippen LogP contribution in [-0.2, 0) is 23.8 Å². The van der Waals surface area contributed by atoms with Gasteiger partial charge in [0.15, 0.2) is 0 Å². The molecule has 2 heterocycles. The molecule has 1 aliphatic heterocycles. The van der Waals surface area contributed by atoms with Crippen molar-refractivity contribution in [2.24, 2.45) is 11.8 Å². The number of carbonyl (C=O) groups excluding carboxylic acids is 1. The molecule has 0 saturated heterocycles. The van der Waals surface area contributed by atoms with E-state index in [1.807, 2.05) is 11.4 Å². The van der Waals surface area contributed by atoms with Gasteiger partial charge in [-0.3, -0.25) is 4.79 Å². The molecule has 1 aromatic heterocycles. The van der Waals surface area contributed by atoms with E-state index < -0.39 is 11.7 Å². The van der Waals surface area contributed by atoms with Gasteiger partial charge in [0.25, 0.3) is 0 Å². The van der Waals surface area contributed by atoms with Gasteiger partial charge in [0, 0.05) is 21.9 Å². The topological polar surface area (TPSA) is 38.3 Å². The molecule has 0 fully saturated rings. The Morgan fingerprint density at radius 1 is 1.37 bits per heavy atom. The van der Waals surface area contributed by atoms with E-state index >= 15 is 0 Å². The van der Waals surface area contributed by atoms with Crippen LogP contribution in [-0.4, -0.2) is 13.0 Å². The maximum Gasteiger partial charge on any atom is 0.416 e. The van der Waals surface area contributed by atoms with Gasteiger partial charge in [-0.05, 0) is 55.0 Å². The predicted octanol–water partition coefficient (Wildman–Crippen LogP) is 5.32. The Morgan fingerprint density at radius 3 is 2.78 bits per heavy atom. The first-order valence-corrected chi connectivity index (χ1v) is 9.43. The van der Waals surface area contributed by atoms with E-state index in [0.717, 1.165) is 22.8 Å². The quantitative estimate of drug-likeness (QED) is 0.696. The Labute approximate surface area is 159 Å². The van der Waals surface area contributed by atoms with Gasteiger partial charge >= 0.3 is 6.18 Å². The number of nitrogens with one attached hydrogen (secondary N) is 1. The lowest BCUT2D eigenvalue weighted by molar-refractivity contribution is -0.137. The van der Waals surface area contributed by atoms with Gasteiger partial charge in [0.05, 0.1) is 12.7 Å². The zero-order chi connectivity index (χ0) is 19.6. The molecule has 0 radical (unpaired) electrons. The van der Waals surface area contributed by atoms with Crippen LogP contribution in [0.4, 0.5) is 18.9 Å². The first kappa shape index (κ1) is 19.5. The summed E-state index contributed by atoms with van der Waals surface area (Å²) in [5.74, 6) is 0.0865. The number of allylic oxidation sites excluding steroid dienone is 1. The van der Waals surface area contributed by atoms with Crippen LogP contribution in [0.3, 0.4) is 0 Å². The van der Waals surface area contributed by atoms with Crippen molar-refractivity contribution in [3.8, 4) is 5.75 Å². The number of hydrogen-bond donors (Lipinski definition) is 1. The van der Waals surface area contributed by atoms with Crippen molar-refractivity contribution >= 4 is 22.9 Å². The van der Waals surface area contributed by atoms with Crippen LogP contribution < -0.4 is 10.1 Å². The molecule has 2 atom stereocenters. The number of fused-ring (bicyclic) bond motifs is 1. The fourth-order valence-electron chi connectivity index (χ4n) is 3.45. The highest BCUT2D eigenvalue weighted by Gasteiger charge is 2.35. The molecule has 1 amide bonds. The summed E-state index contributed by atoms with van der Waals surface area (Å²) < 4.78 is 44.5. The van der Waals surface area contributed by atoms with Crippen LogP contribution >= 0.6 is 11.3 Å². The van der Waals surface area contributed by atoms with Crippen molar-refractivity contribution in [1.29, 1.82) is 0 Å². The fraction of sp³-hybridized carbons (Fsp3) is 0.350. The molecule has 7 heteroatoms. The van der Waals surface area contributed by atoms with Gasteiger partial charge in [-0.2, -0.15) is 13.2 Å². The third-order valence-corrected chi connectivity index (χ3v) is 5.77. The molecular formula is C20H20F3NO2S. The molecule has 144 valence electrons. The van der Waals surface area contributed by atoms with Gasteiger partial charge in [-0.15, -0.1) is 17.9 Å². The van der Waals surface area contributed by atoms with Gasteiger partial charge in [-0.25, -0.2) is 0 Å². The molecule has 3 nitrogen and oxygen atoms in total. The highest BCUT2D eigenvalue weighted by molar-refractivity contribution is 7.10. The Hall–Kier alpha value is -2.28. The van der Waals surface area contributed by atoms with E-state index in [1.165, 1.54) is 17.4 Å². The lowest BCUT2D eigenvalue weighted by atomic mass is 9.82. The van der Waals surface area contributed by atoms with Gasteiger partial charge in [0.1, 0.15) is 5.75 Å². The van der Waals surface area contributed by atoms with Crippen LogP contribution in [0.25, 0.3) is 0 Å². The Bertz CT molecular complexity index is 844. The number of amides is 1. The SMILES string of the molecule is C=CCC1C(=O)Nc2ccc(C(F)(F)F)cc2CC1Cc1cc(OC)cs1. The minimum absolute atomic E-state index is 0.129. The number of anilines is 1. The summed E-state index contributed by atoms with van der Waals surface area (Å²) in [6.45, 7) is 3.73. The Balaban J connectivity index is 1.95. The van der Waals surface area contributed by atoms with Crippen LogP contribution in [0, 0.1) is 11.8 Å². The van der Waals surface area contributed by atoms with E-state index in [-0.39, 0.29) is 17.7 Å². The van der Waals surface area contributed by atoms with E-state index in [9.17, 15) is 18.0 Å². The largest absolute Gasteiger partial charge is 0.496 e. The van der Waals surface area contributed by atoms with Crippen molar-refractivity contribution in [3.05, 3.63) is 58.3 Å². The van der Waals surface area contributed by atoms with E-state index in [2.05, 4.69) is 11.9 Å². The van der Waals surface area contributed by atoms with E-state index in [4.69, 9.17) is 4.74 Å². The van der Waals surface area contributed by atoms with E-state index in [1.54, 1.807) is 13.2 Å². The van der Waals surface area contributed by atoms with Crippen molar-refractivity contribution in [1.82, 2.24) is 0 Å². The van der Waals surface area contributed by atoms with Crippen LogP contribution in [0.1, 0.15) is 22.4 Å². The van der Waals surface area contributed by atoms with Crippen LogP contribution in [0.5, 0.6) is 5.75 Å². The number of hydrogen-bond acceptors (Lipinski definition) is 3. The molecule has 0 spiro atoms. The smallest absolute Gasteiger partial charge is 0.416 e. The van der Waals surface area contributed by atoms with Gasteiger partial charge in [0.2, 0.25) is 5.91 Å².